The van der Waals surface area contributed by atoms with Crippen molar-refractivity contribution in [2.24, 2.45) is 0 Å². The van der Waals surface area contributed by atoms with Crippen LogP contribution in [0.1, 0.15) is 31.1 Å². The summed E-state index contributed by atoms with van der Waals surface area (Å²) >= 11 is 6.02. The number of aromatic nitrogens is 2. The van der Waals surface area contributed by atoms with E-state index in [2.05, 4.69) is 4.98 Å². The van der Waals surface area contributed by atoms with Crippen LogP contribution < -0.4 is 4.31 Å². The molecule has 0 fully saturated rings. The van der Waals surface area contributed by atoms with Crippen molar-refractivity contribution in [3.8, 4) is 11.3 Å². The van der Waals surface area contributed by atoms with Crippen molar-refractivity contribution in [1.29, 1.82) is 0 Å². The van der Waals surface area contributed by atoms with Crippen LogP contribution in [0.4, 0.5) is 10.5 Å². The molecule has 0 N–H and O–H groups in total. The second-order valence-electron chi connectivity index (χ2n) is 10.2. The number of hydrogen-bond donors (Lipinski definition) is 0. The van der Waals surface area contributed by atoms with Gasteiger partial charge >= 0.3 is 6.09 Å². The fourth-order valence-corrected chi connectivity index (χ4v) is 5.87. The van der Waals surface area contributed by atoms with Gasteiger partial charge in [0.25, 0.3) is 15.9 Å². The number of sulfonamides is 1. The largest absolute Gasteiger partial charge is 0.443 e. The molecule has 208 valence electrons. The number of carbonyl (C=O) groups is 2. The molecule has 5 rings (SSSR count). The Morgan fingerprint density at radius 3 is 2.15 bits per heavy atom. The Morgan fingerprint density at radius 1 is 0.878 bits per heavy atom. The standard InChI is InChI=1S/C31H26ClN3O5S/c1-31(2,3)40-30(37)34-27-7-5-4-6-23(27)20-28(34)21-8-14-26(15-9-21)41(38,39)35(25-12-10-24(32)11-13-25)29(36)22-16-18-33-19-17-22/h4-20H,1-3H3. The van der Waals surface area contributed by atoms with Crippen molar-refractivity contribution < 1.29 is 22.7 Å². The zero-order chi connectivity index (χ0) is 29.4. The highest BCUT2D eigenvalue weighted by Gasteiger charge is 2.32. The molecule has 10 heteroatoms. The lowest BCUT2D eigenvalue weighted by atomic mass is 10.1. The number of para-hydroxylation sites is 1. The Morgan fingerprint density at radius 2 is 1.51 bits per heavy atom. The van der Waals surface area contributed by atoms with Gasteiger partial charge in [0.1, 0.15) is 5.60 Å². The van der Waals surface area contributed by atoms with Gasteiger partial charge < -0.3 is 4.74 Å². The molecule has 0 atom stereocenters. The predicted octanol–water partition coefficient (Wildman–Crippen LogP) is 7.18. The minimum atomic E-state index is -4.37. The summed E-state index contributed by atoms with van der Waals surface area (Å²) in [5.74, 6) is -0.746. The second-order valence-corrected chi connectivity index (χ2v) is 12.4. The highest BCUT2D eigenvalue weighted by atomic mass is 35.5. The number of carbonyl (C=O) groups excluding carboxylic acids is 2. The first-order chi connectivity index (χ1) is 19.5. The summed E-state index contributed by atoms with van der Waals surface area (Å²) in [4.78, 5) is 30.5. The Kier molecular flexibility index (Phi) is 7.42. The SMILES string of the molecule is CC(C)(C)OC(=O)n1c(-c2ccc(S(=O)(=O)N(C(=O)c3ccncc3)c3ccc(Cl)cc3)cc2)cc2ccccc21. The Labute approximate surface area is 242 Å². The number of ether oxygens (including phenoxy) is 1. The molecule has 0 saturated heterocycles. The van der Waals surface area contributed by atoms with E-state index in [1.54, 1.807) is 32.9 Å². The van der Waals surface area contributed by atoms with Gasteiger partial charge in [-0.15, -0.1) is 0 Å². The number of benzene rings is 3. The van der Waals surface area contributed by atoms with Gasteiger partial charge in [-0.05, 0) is 87.0 Å². The fraction of sp³-hybridized carbons (Fsp3) is 0.129. The summed E-state index contributed by atoms with van der Waals surface area (Å²) in [7, 11) is -4.37. The van der Waals surface area contributed by atoms with E-state index in [0.29, 0.717) is 21.8 Å². The van der Waals surface area contributed by atoms with Gasteiger partial charge in [-0.3, -0.25) is 9.78 Å². The van der Waals surface area contributed by atoms with E-state index >= 15 is 0 Å². The molecule has 0 radical (unpaired) electrons. The number of halogens is 1. The summed E-state index contributed by atoms with van der Waals surface area (Å²) in [6.07, 6.45) is 2.28. The molecule has 0 bridgehead atoms. The number of fused-ring (bicyclic) bond motifs is 1. The number of nitrogens with zero attached hydrogens (tertiary/aromatic N) is 3. The molecule has 0 aliphatic carbocycles. The number of amides is 1. The van der Waals surface area contributed by atoms with Crippen LogP contribution in [-0.2, 0) is 14.8 Å². The van der Waals surface area contributed by atoms with Crippen LogP contribution >= 0.6 is 11.6 Å². The van der Waals surface area contributed by atoms with Crippen LogP contribution in [0.5, 0.6) is 0 Å². The Hall–Kier alpha value is -4.47. The van der Waals surface area contributed by atoms with E-state index in [0.717, 1.165) is 9.69 Å². The molecule has 0 aliphatic rings. The molecular formula is C31H26ClN3O5S. The zero-order valence-electron chi connectivity index (χ0n) is 22.5. The van der Waals surface area contributed by atoms with Crippen LogP contribution in [0.25, 0.3) is 22.2 Å². The lowest BCUT2D eigenvalue weighted by molar-refractivity contribution is 0.0547. The Balaban J connectivity index is 1.58. The molecule has 2 heterocycles. The minimum absolute atomic E-state index is 0.112. The van der Waals surface area contributed by atoms with Crippen LogP contribution in [0.15, 0.2) is 108 Å². The number of anilines is 1. The molecule has 0 aliphatic heterocycles. The van der Waals surface area contributed by atoms with Crippen molar-refractivity contribution in [3.05, 3.63) is 114 Å². The van der Waals surface area contributed by atoms with Crippen LogP contribution in [0.2, 0.25) is 5.02 Å². The van der Waals surface area contributed by atoms with Gasteiger partial charge in [0.2, 0.25) is 0 Å². The third-order valence-electron chi connectivity index (χ3n) is 6.15. The fourth-order valence-electron chi connectivity index (χ4n) is 4.33. The third kappa shape index (κ3) is 5.73. The van der Waals surface area contributed by atoms with Crippen LogP contribution in [-0.4, -0.2) is 35.6 Å². The molecular weight excluding hydrogens is 562 g/mol. The van der Waals surface area contributed by atoms with E-state index in [4.69, 9.17) is 16.3 Å². The van der Waals surface area contributed by atoms with E-state index in [9.17, 15) is 18.0 Å². The average Bonchev–Trinajstić information content (AvgIpc) is 3.34. The minimum Gasteiger partial charge on any atom is -0.443 e. The summed E-state index contributed by atoms with van der Waals surface area (Å²) in [5, 5.41) is 1.22. The zero-order valence-corrected chi connectivity index (χ0v) is 24.1. The van der Waals surface area contributed by atoms with E-state index in [1.165, 1.54) is 65.5 Å². The number of hydrogen-bond acceptors (Lipinski definition) is 6. The van der Waals surface area contributed by atoms with Crippen molar-refractivity contribution in [2.45, 2.75) is 31.3 Å². The van der Waals surface area contributed by atoms with E-state index in [1.807, 2.05) is 30.3 Å². The van der Waals surface area contributed by atoms with Crippen molar-refractivity contribution >= 4 is 50.2 Å². The molecule has 3 aromatic carbocycles. The van der Waals surface area contributed by atoms with Crippen LogP contribution in [0.3, 0.4) is 0 Å². The average molecular weight is 588 g/mol. The molecule has 1 amide bonds. The summed E-state index contributed by atoms with van der Waals surface area (Å²) in [6.45, 7) is 5.36. The van der Waals surface area contributed by atoms with Gasteiger partial charge in [0, 0.05) is 28.4 Å². The second kappa shape index (κ2) is 10.8. The summed E-state index contributed by atoms with van der Waals surface area (Å²) in [5.41, 5.74) is 1.34. The molecule has 0 saturated carbocycles. The molecule has 2 aromatic heterocycles. The van der Waals surface area contributed by atoms with E-state index in [-0.39, 0.29) is 16.1 Å². The van der Waals surface area contributed by atoms with Crippen molar-refractivity contribution in [3.63, 3.8) is 0 Å². The quantitative estimate of drug-likeness (QED) is 0.216. The van der Waals surface area contributed by atoms with Crippen molar-refractivity contribution in [1.82, 2.24) is 9.55 Å². The topological polar surface area (TPSA) is 98.6 Å². The smallest absolute Gasteiger partial charge is 0.419 e. The third-order valence-corrected chi connectivity index (χ3v) is 8.13. The molecule has 0 unspecified atom stereocenters. The Bertz CT molecular complexity index is 1840. The lowest BCUT2D eigenvalue weighted by Gasteiger charge is -2.23. The van der Waals surface area contributed by atoms with Crippen molar-refractivity contribution in [2.75, 3.05) is 4.31 Å². The summed E-state index contributed by atoms with van der Waals surface area (Å²) in [6, 6.07) is 24.1. The molecule has 41 heavy (non-hydrogen) atoms. The van der Waals surface area contributed by atoms with E-state index < -0.39 is 27.6 Å². The maximum atomic E-state index is 13.9. The number of rotatable bonds is 5. The predicted molar refractivity (Wildman–Crippen MR) is 159 cm³/mol. The van der Waals surface area contributed by atoms with Gasteiger partial charge in [0.05, 0.1) is 21.8 Å². The first kappa shape index (κ1) is 28.1. The maximum Gasteiger partial charge on any atom is 0.419 e. The normalized spacial score (nSPS) is 11.8. The molecule has 8 nitrogen and oxygen atoms in total. The molecule has 0 spiro atoms. The van der Waals surface area contributed by atoms with Gasteiger partial charge in [-0.1, -0.05) is 41.9 Å². The summed E-state index contributed by atoms with van der Waals surface area (Å²) < 4.78 is 35.7. The van der Waals surface area contributed by atoms with Gasteiger partial charge in [-0.2, -0.15) is 4.31 Å². The highest BCUT2D eigenvalue weighted by Crippen LogP contribution is 2.32. The first-order valence-electron chi connectivity index (χ1n) is 12.7. The maximum absolute atomic E-state index is 13.9. The van der Waals surface area contributed by atoms with Crippen LogP contribution in [0, 0.1) is 0 Å². The lowest BCUT2D eigenvalue weighted by Crippen LogP contribution is -2.37. The molecule has 5 aromatic rings. The first-order valence-corrected chi connectivity index (χ1v) is 14.5. The highest BCUT2D eigenvalue weighted by molar-refractivity contribution is 7.93. The number of pyridine rings is 1. The monoisotopic (exact) mass is 587 g/mol. The van der Waals surface area contributed by atoms with Gasteiger partial charge in [0.15, 0.2) is 0 Å². The van der Waals surface area contributed by atoms with Gasteiger partial charge in [-0.25, -0.2) is 17.8 Å².